The normalized spacial score (nSPS) is 10.3. The lowest BCUT2D eigenvalue weighted by Crippen LogP contribution is -2.43. The fourth-order valence-corrected chi connectivity index (χ4v) is 1.60. The summed E-state index contributed by atoms with van der Waals surface area (Å²) < 4.78 is 0. The van der Waals surface area contributed by atoms with E-state index in [0.717, 1.165) is 12.2 Å². The van der Waals surface area contributed by atoms with E-state index < -0.39 is 5.97 Å². The highest BCUT2D eigenvalue weighted by molar-refractivity contribution is 7.99. The maximum Gasteiger partial charge on any atom is 0.319 e. The summed E-state index contributed by atoms with van der Waals surface area (Å²) in [5, 5.41) is 9.67. The van der Waals surface area contributed by atoms with Crippen molar-refractivity contribution in [1.29, 1.82) is 0 Å². The number of nitrogens with two attached hydrogens (primary N) is 1. The van der Waals surface area contributed by atoms with Crippen molar-refractivity contribution in [2.75, 3.05) is 31.6 Å². The second-order valence-electron chi connectivity index (χ2n) is 2.98. The van der Waals surface area contributed by atoms with E-state index in [-0.39, 0.29) is 12.5 Å². The van der Waals surface area contributed by atoms with E-state index in [9.17, 15) is 9.59 Å². The van der Waals surface area contributed by atoms with Crippen LogP contribution in [0.25, 0.3) is 0 Å². The van der Waals surface area contributed by atoms with Gasteiger partial charge in [-0.3, -0.25) is 15.0 Å². The van der Waals surface area contributed by atoms with E-state index in [2.05, 4.69) is 5.43 Å². The number of nitrogens with zero attached hydrogens (tertiary/aromatic N) is 1. The van der Waals surface area contributed by atoms with Gasteiger partial charge in [0.05, 0.1) is 5.75 Å². The van der Waals surface area contributed by atoms with Gasteiger partial charge in [-0.15, -0.1) is 0 Å². The third-order valence-corrected chi connectivity index (χ3v) is 2.46. The van der Waals surface area contributed by atoms with Gasteiger partial charge in [-0.1, -0.05) is 0 Å². The molecule has 0 fully saturated rings. The molecule has 0 atom stereocenters. The van der Waals surface area contributed by atoms with Crippen LogP contribution >= 0.6 is 11.8 Å². The third-order valence-electron chi connectivity index (χ3n) is 1.41. The second-order valence-corrected chi connectivity index (χ2v) is 4.08. The van der Waals surface area contributed by atoms with Crippen LogP contribution < -0.4 is 11.2 Å². The molecule has 0 aromatic carbocycles. The highest BCUT2D eigenvalue weighted by Crippen LogP contribution is 2.00. The van der Waals surface area contributed by atoms with Gasteiger partial charge >= 0.3 is 5.97 Å². The van der Waals surface area contributed by atoms with Gasteiger partial charge in [0.25, 0.3) is 0 Å². The van der Waals surface area contributed by atoms with Crippen molar-refractivity contribution in [1.82, 2.24) is 10.4 Å². The lowest BCUT2D eigenvalue weighted by atomic mass is 10.5. The molecule has 6 nitrogen and oxygen atoms in total. The molecular formula is C8H17N3O3S. The van der Waals surface area contributed by atoms with Crippen molar-refractivity contribution in [3.05, 3.63) is 0 Å². The molecule has 0 aliphatic carbocycles. The number of thioether (sulfide) groups is 1. The van der Waals surface area contributed by atoms with Gasteiger partial charge in [-0.05, 0) is 18.7 Å². The van der Waals surface area contributed by atoms with Crippen LogP contribution in [-0.4, -0.2) is 53.6 Å². The molecule has 0 heterocycles. The van der Waals surface area contributed by atoms with E-state index in [0.29, 0.717) is 12.3 Å². The Labute approximate surface area is 93.2 Å². The summed E-state index contributed by atoms with van der Waals surface area (Å²) in [6.07, 6.45) is 0.878. The summed E-state index contributed by atoms with van der Waals surface area (Å²) in [7, 11) is 1.51. The number of hydrogen-bond acceptors (Lipinski definition) is 5. The standard InChI is InChI=1S/C8H17N3O3S/c1-11(5-8(13)14)10-7(12)6-15-4-2-3-9/h2-6,9H2,1H3,(H,10,12)(H,13,14). The molecule has 15 heavy (non-hydrogen) atoms. The smallest absolute Gasteiger partial charge is 0.319 e. The Kier molecular flexibility index (Phi) is 8.06. The second kappa shape index (κ2) is 8.51. The largest absolute Gasteiger partial charge is 0.480 e. The predicted molar refractivity (Wildman–Crippen MR) is 59.4 cm³/mol. The zero-order chi connectivity index (χ0) is 11.7. The first kappa shape index (κ1) is 14.2. The first-order valence-electron chi connectivity index (χ1n) is 4.56. The molecule has 4 N–H and O–H groups in total. The summed E-state index contributed by atoms with van der Waals surface area (Å²) in [6.45, 7) is 0.409. The molecule has 7 heteroatoms. The zero-order valence-corrected chi connectivity index (χ0v) is 9.55. The molecule has 0 aliphatic heterocycles. The highest BCUT2D eigenvalue weighted by atomic mass is 32.2. The quantitative estimate of drug-likeness (QED) is 0.373. The molecule has 0 bridgehead atoms. The number of hydrazine groups is 1. The monoisotopic (exact) mass is 235 g/mol. The van der Waals surface area contributed by atoms with Gasteiger partial charge in [-0.25, -0.2) is 5.01 Å². The minimum atomic E-state index is -0.978. The van der Waals surface area contributed by atoms with E-state index in [1.54, 1.807) is 0 Å². The molecule has 88 valence electrons. The number of hydrogen-bond donors (Lipinski definition) is 3. The van der Waals surface area contributed by atoms with Crippen LogP contribution in [0.5, 0.6) is 0 Å². The van der Waals surface area contributed by atoms with Crippen LogP contribution in [0.15, 0.2) is 0 Å². The number of nitrogens with one attached hydrogen (secondary N) is 1. The lowest BCUT2D eigenvalue weighted by Gasteiger charge is -2.15. The molecule has 0 rings (SSSR count). The van der Waals surface area contributed by atoms with Crippen molar-refractivity contribution in [2.45, 2.75) is 6.42 Å². The molecule has 0 aromatic heterocycles. The number of amides is 1. The lowest BCUT2D eigenvalue weighted by molar-refractivity contribution is -0.139. The minimum absolute atomic E-state index is 0.194. The predicted octanol–water partition coefficient (Wildman–Crippen LogP) is -0.884. The number of carbonyl (C=O) groups is 2. The van der Waals surface area contributed by atoms with E-state index in [4.69, 9.17) is 10.8 Å². The number of aliphatic carboxylic acids is 1. The van der Waals surface area contributed by atoms with E-state index in [1.165, 1.54) is 23.8 Å². The van der Waals surface area contributed by atoms with Gasteiger partial charge in [-0.2, -0.15) is 11.8 Å². The van der Waals surface area contributed by atoms with Crippen LogP contribution in [0.3, 0.4) is 0 Å². The number of rotatable bonds is 8. The Balaban J connectivity index is 3.51. The molecule has 0 saturated heterocycles. The molecule has 0 aromatic rings. The van der Waals surface area contributed by atoms with Crippen molar-refractivity contribution in [2.24, 2.45) is 5.73 Å². The minimum Gasteiger partial charge on any atom is -0.480 e. The molecule has 0 aliphatic rings. The van der Waals surface area contributed by atoms with Crippen molar-refractivity contribution >= 4 is 23.6 Å². The average molecular weight is 235 g/mol. The first-order chi connectivity index (χ1) is 7.06. The van der Waals surface area contributed by atoms with Gasteiger partial charge in [0.15, 0.2) is 0 Å². The Morgan fingerprint density at radius 2 is 2.20 bits per heavy atom. The van der Waals surface area contributed by atoms with Crippen molar-refractivity contribution in [3.63, 3.8) is 0 Å². The van der Waals surface area contributed by atoms with E-state index in [1.807, 2.05) is 0 Å². The van der Waals surface area contributed by atoms with Gasteiger partial charge < -0.3 is 10.8 Å². The number of carboxylic acid groups (broad SMARTS) is 1. The van der Waals surface area contributed by atoms with Gasteiger partial charge in [0, 0.05) is 7.05 Å². The Morgan fingerprint density at radius 3 is 2.73 bits per heavy atom. The third kappa shape index (κ3) is 9.51. The molecule has 1 amide bonds. The maximum absolute atomic E-state index is 11.2. The fraction of sp³-hybridized carbons (Fsp3) is 0.750. The highest BCUT2D eigenvalue weighted by Gasteiger charge is 2.07. The molecule has 0 saturated carbocycles. The van der Waals surface area contributed by atoms with Crippen LogP contribution in [-0.2, 0) is 9.59 Å². The summed E-state index contributed by atoms with van der Waals surface area (Å²) in [4.78, 5) is 21.5. The van der Waals surface area contributed by atoms with Crippen LogP contribution in [0, 0.1) is 0 Å². The van der Waals surface area contributed by atoms with Gasteiger partial charge in [0.2, 0.25) is 5.91 Å². The number of carboxylic acids is 1. The van der Waals surface area contributed by atoms with Crippen LogP contribution in [0.2, 0.25) is 0 Å². The first-order valence-corrected chi connectivity index (χ1v) is 5.72. The maximum atomic E-state index is 11.2. The number of likely N-dealkylation sites (N-methyl/N-ethyl adjacent to an activating group) is 1. The van der Waals surface area contributed by atoms with Gasteiger partial charge in [0.1, 0.15) is 6.54 Å². The molecule has 0 radical (unpaired) electrons. The summed E-state index contributed by atoms with van der Waals surface area (Å²) >= 11 is 1.48. The molecular weight excluding hydrogens is 218 g/mol. The Bertz CT molecular complexity index is 213. The average Bonchev–Trinajstić information content (AvgIpc) is 2.10. The zero-order valence-electron chi connectivity index (χ0n) is 8.73. The van der Waals surface area contributed by atoms with Crippen molar-refractivity contribution < 1.29 is 14.7 Å². The SMILES string of the molecule is CN(CC(=O)O)NC(=O)CSCCCN. The van der Waals surface area contributed by atoms with E-state index >= 15 is 0 Å². The summed E-state index contributed by atoms with van der Waals surface area (Å²) in [5.41, 5.74) is 7.74. The van der Waals surface area contributed by atoms with Crippen LogP contribution in [0.1, 0.15) is 6.42 Å². The van der Waals surface area contributed by atoms with Crippen LogP contribution in [0.4, 0.5) is 0 Å². The van der Waals surface area contributed by atoms with Crippen molar-refractivity contribution in [3.8, 4) is 0 Å². The summed E-state index contributed by atoms with van der Waals surface area (Å²) in [6, 6.07) is 0. The number of carbonyl (C=O) groups excluding carboxylic acids is 1. The summed E-state index contributed by atoms with van der Waals surface area (Å²) in [5.74, 6) is -0.00867. The topological polar surface area (TPSA) is 95.7 Å². The molecule has 0 spiro atoms. The Hall–Kier alpha value is -0.790. The molecule has 0 unspecified atom stereocenters. The fourth-order valence-electron chi connectivity index (χ4n) is 0.838. The Morgan fingerprint density at radius 1 is 1.53 bits per heavy atom.